The highest BCUT2D eigenvalue weighted by atomic mass is 32.2. The number of halogens is 1. The standard InChI is InChI=1S/C26H32FN3O4S/c1-19-25(24(34-29-19)12-11-21-9-5-6-10-23(21)27)35(32,33)30-17-14-22(15-18-30)26(31)28-16-13-20-7-3-2-4-8-20/h5-7,9-12,22H,2-4,8,13-18H2,1H3,(H,28,31)/b12-11+. The van der Waals surface area contributed by atoms with Crippen molar-refractivity contribution in [3.63, 3.8) is 0 Å². The van der Waals surface area contributed by atoms with Crippen molar-refractivity contribution < 1.29 is 22.1 Å². The van der Waals surface area contributed by atoms with Crippen LogP contribution in [0.15, 0.2) is 45.3 Å². The van der Waals surface area contributed by atoms with Gasteiger partial charge in [-0.2, -0.15) is 4.31 Å². The second-order valence-electron chi connectivity index (χ2n) is 9.14. The second-order valence-corrected chi connectivity index (χ2v) is 11.0. The summed E-state index contributed by atoms with van der Waals surface area (Å²) in [5, 5.41) is 6.86. The largest absolute Gasteiger partial charge is 0.356 e. The summed E-state index contributed by atoms with van der Waals surface area (Å²) >= 11 is 0. The van der Waals surface area contributed by atoms with E-state index in [-0.39, 0.29) is 41.3 Å². The molecule has 2 aromatic rings. The van der Waals surface area contributed by atoms with Crippen molar-refractivity contribution in [3.05, 3.63) is 58.7 Å². The predicted molar refractivity (Wildman–Crippen MR) is 132 cm³/mol. The Kier molecular flexibility index (Phi) is 8.18. The van der Waals surface area contributed by atoms with E-state index in [1.165, 1.54) is 40.9 Å². The molecule has 0 atom stereocenters. The van der Waals surface area contributed by atoms with Gasteiger partial charge in [0.25, 0.3) is 0 Å². The molecule has 1 aromatic heterocycles. The zero-order valence-electron chi connectivity index (χ0n) is 20.0. The Balaban J connectivity index is 1.36. The van der Waals surface area contributed by atoms with Gasteiger partial charge in [0.15, 0.2) is 10.7 Å². The lowest BCUT2D eigenvalue weighted by Gasteiger charge is -2.30. The number of nitrogens with zero attached hydrogens (tertiary/aromatic N) is 2. The second kappa shape index (κ2) is 11.3. The molecule has 9 heteroatoms. The Morgan fingerprint density at radius 1 is 1.23 bits per heavy atom. The lowest BCUT2D eigenvalue weighted by atomic mass is 9.96. The monoisotopic (exact) mass is 501 g/mol. The van der Waals surface area contributed by atoms with Gasteiger partial charge in [0.1, 0.15) is 11.5 Å². The van der Waals surface area contributed by atoms with Crippen molar-refractivity contribution in [2.75, 3.05) is 19.6 Å². The number of nitrogens with one attached hydrogen (secondary N) is 1. The van der Waals surface area contributed by atoms with Crippen LogP contribution in [-0.2, 0) is 14.8 Å². The van der Waals surface area contributed by atoms with Crippen molar-refractivity contribution >= 4 is 28.1 Å². The maximum Gasteiger partial charge on any atom is 0.248 e. The summed E-state index contributed by atoms with van der Waals surface area (Å²) in [5.41, 5.74) is 1.98. The number of aromatic nitrogens is 1. The Hall–Kier alpha value is -2.78. The van der Waals surface area contributed by atoms with Gasteiger partial charge in [-0.1, -0.05) is 35.0 Å². The molecular weight excluding hydrogens is 469 g/mol. The van der Waals surface area contributed by atoms with Gasteiger partial charge >= 0.3 is 0 Å². The number of aryl methyl sites for hydroxylation is 1. The molecule has 0 unspecified atom stereocenters. The summed E-state index contributed by atoms with van der Waals surface area (Å²) in [7, 11) is -3.88. The third-order valence-electron chi connectivity index (χ3n) is 6.71. The van der Waals surface area contributed by atoms with Gasteiger partial charge in [-0.05, 0) is 70.1 Å². The fourth-order valence-electron chi connectivity index (χ4n) is 4.68. The summed E-state index contributed by atoms with van der Waals surface area (Å²) in [6, 6.07) is 6.20. The Morgan fingerprint density at radius 3 is 2.71 bits per heavy atom. The fraction of sp³-hybridized carbons (Fsp3) is 0.462. The lowest BCUT2D eigenvalue weighted by Crippen LogP contribution is -2.43. The molecule has 0 radical (unpaired) electrons. The lowest BCUT2D eigenvalue weighted by molar-refractivity contribution is -0.126. The van der Waals surface area contributed by atoms with Crippen molar-refractivity contribution in [2.24, 2.45) is 5.92 Å². The van der Waals surface area contributed by atoms with Gasteiger partial charge in [-0.3, -0.25) is 4.79 Å². The molecule has 1 amide bonds. The van der Waals surface area contributed by atoms with Crippen molar-refractivity contribution in [3.8, 4) is 0 Å². The van der Waals surface area contributed by atoms with Crippen LogP contribution in [-0.4, -0.2) is 43.4 Å². The van der Waals surface area contributed by atoms with Gasteiger partial charge in [-0.25, -0.2) is 12.8 Å². The molecule has 1 N–H and O–H groups in total. The number of hydrogen-bond donors (Lipinski definition) is 1. The van der Waals surface area contributed by atoms with E-state index in [4.69, 9.17) is 4.52 Å². The molecule has 35 heavy (non-hydrogen) atoms. The Bertz CT molecular complexity index is 1210. The molecule has 0 spiro atoms. The fourth-order valence-corrected chi connectivity index (χ4v) is 6.40. The topological polar surface area (TPSA) is 92.5 Å². The number of carbonyl (C=O) groups is 1. The average molecular weight is 502 g/mol. The molecule has 1 aromatic carbocycles. The molecule has 4 rings (SSSR count). The number of hydrogen-bond acceptors (Lipinski definition) is 5. The minimum atomic E-state index is -3.88. The van der Waals surface area contributed by atoms with Crippen LogP contribution < -0.4 is 5.32 Å². The van der Waals surface area contributed by atoms with Crippen LogP contribution in [0.5, 0.6) is 0 Å². The third-order valence-corrected chi connectivity index (χ3v) is 8.76. The molecule has 1 aliphatic heterocycles. The number of carbonyl (C=O) groups excluding carboxylic acids is 1. The van der Waals surface area contributed by atoms with Crippen molar-refractivity contribution in [2.45, 2.75) is 56.8 Å². The van der Waals surface area contributed by atoms with E-state index in [9.17, 15) is 17.6 Å². The van der Waals surface area contributed by atoms with Gasteiger partial charge in [0.05, 0.1) is 0 Å². The zero-order valence-corrected chi connectivity index (χ0v) is 20.8. The first kappa shape index (κ1) is 25.3. The molecule has 1 saturated heterocycles. The first-order valence-corrected chi connectivity index (χ1v) is 13.6. The summed E-state index contributed by atoms with van der Waals surface area (Å²) in [6.45, 7) is 2.68. The smallest absolute Gasteiger partial charge is 0.248 e. The molecule has 1 fully saturated rings. The highest BCUT2D eigenvalue weighted by Crippen LogP contribution is 2.29. The summed E-state index contributed by atoms with van der Waals surface area (Å²) in [4.78, 5) is 12.6. The van der Waals surface area contributed by atoms with Crippen molar-refractivity contribution in [1.82, 2.24) is 14.8 Å². The number of benzene rings is 1. The summed E-state index contributed by atoms with van der Waals surface area (Å²) < 4.78 is 47.4. The van der Waals surface area contributed by atoms with E-state index in [2.05, 4.69) is 16.5 Å². The van der Waals surface area contributed by atoms with Crippen LogP contribution in [0.1, 0.15) is 62.0 Å². The van der Waals surface area contributed by atoms with Crippen LogP contribution >= 0.6 is 0 Å². The normalized spacial score (nSPS) is 18.1. The quantitative estimate of drug-likeness (QED) is 0.530. The molecule has 0 bridgehead atoms. The van der Waals surface area contributed by atoms with Gasteiger partial charge in [-0.15, -0.1) is 0 Å². The predicted octanol–water partition coefficient (Wildman–Crippen LogP) is 4.70. The highest BCUT2D eigenvalue weighted by Gasteiger charge is 2.35. The van der Waals surface area contributed by atoms with Crippen LogP contribution in [0.2, 0.25) is 0 Å². The number of piperidine rings is 1. The summed E-state index contributed by atoms with van der Waals surface area (Å²) in [5.74, 6) is -0.568. The van der Waals surface area contributed by atoms with E-state index in [1.54, 1.807) is 25.1 Å². The van der Waals surface area contributed by atoms with E-state index in [0.29, 0.717) is 24.9 Å². The Morgan fingerprint density at radius 2 is 2.00 bits per heavy atom. The third kappa shape index (κ3) is 6.08. The van der Waals surface area contributed by atoms with Crippen LogP contribution in [0.3, 0.4) is 0 Å². The van der Waals surface area contributed by atoms with Gasteiger partial charge in [0.2, 0.25) is 15.9 Å². The maximum absolute atomic E-state index is 13.9. The highest BCUT2D eigenvalue weighted by molar-refractivity contribution is 7.89. The molecular formula is C26H32FN3O4S. The van der Waals surface area contributed by atoms with Crippen LogP contribution in [0, 0.1) is 18.7 Å². The van der Waals surface area contributed by atoms with Crippen LogP contribution in [0.4, 0.5) is 4.39 Å². The number of amides is 1. The number of rotatable bonds is 8. The molecule has 2 heterocycles. The molecule has 2 aliphatic rings. The first-order valence-electron chi connectivity index (χ1n) is 12.2. The molecule has 188 valence electrons. The minimum Gasteiger partial charge on any atom is -0.356 e. The Labute approximate surface area is 206 Å². The van der Waals surface area contributed by atoms with E-state index in [1.807, 2.05) is 0 Å². The first-order chi connectivity index (χ1) is 16.9. The molecule has 0 saturated carbocycles. The minimum absolute atomic E-state index is 0.00636. The van der Waals surface area contributed by atoms with Gasteiger partial charge in [0, 0.05) is 31.1 Å². The van der Waals surface area contributed by atoms with Gasteiger partial charge < -0.3 is 9.84 Å². The average Bonchev–Trinajstić information content (AvgIpc) is 3.25. The van der Waals surface area contributed by atoms with Crippen molar-refractivity contribution in [1.29, 1.82) is 0 Å². The number of sulfonamides is 1. The SMILES string of the molecule is Cc1noc(/C=C/c2ccccc2F)c1S(=O)(=O)N1CCC(C(=O)NCCC2=CCCCC2)CC1. The van der Waals surface area contributed by atoms with E-state index in [0.717, 1.165) is 19.3 Å². The molecule has 1 aliphatic carbocycles. The van der Waals surface area contributed by atoms with E-state index >= 15 is 0 Å². The molecule has 7 nitrogen and oxygen atoms in total. The van der Waals surface area contributed by atoms with Crippen LogP contribution in [0.25, 0.3) is 12.2 Å². The number of allylic oxidation sites excluding steroid dienone is 1. The maximum atomic E-state index is 13.9. The van der Waals surface area contributed by atoms with E-state index < -0.39 is 15.8 Å². The summed E-state index contributed by atoms with van der Waals surface area (Å²) in [6.07, 6.45) is 11.7. The zero-order chi connectivity index (χ0) is 24.8.